The number of aromatic nitrogens is 2. The third kappa shape index (κ3) is 1.96. The van der Waals surface area contributed by atoms with E-state index in [2.05, 4.69) is 24.7 Å². The Hall–Kier alpha value is -1.34. The molecule has 0 unspecified atom stereocenters. The van der Waals surface area contributed by atoms with E-state index in [1.807, 2.05) is 0 Å². The van der Waals surface area contributed by atoms with E-state index < -0.39 is 11.8 Å². The second-order valence-corrected chi connectivity index (χ2v) is 4.33. The van der Waals surface area contributed by atoms with E-state index in [9.17, 15) is 9.18 Å². The van der Waals surface area contributed by atoms with Gasteiger partial charge >= 0.3 is 5.97 Å². The average Bonchev–Trinajstić information content (AvgIpc) is 2.70. The van der Waals surface area contributed by atoms with Gasteiger partial charge in [0.15, 0.2) is 5.69 Å². The van der Waals surface area contributed by atoms with Gasteiger partial charge in [0, 0.05) is 10.0 Å². The van der Waals surface area contributed by atoms with E-state index in [0.29, 0.717) is 4.47 Å². The molecule has 0 saturated carbocycles. The highest BCUT2D eigenvalue weighted by Gasteiger charge is 2.19. The normalized spacial score (nSPS) is 10.4. The smallest absolute Gasteiger partial charge is 0.357 e. The Labute approximate surface area is 102 Å². The number of aromatic carboxylic acids is 1. The Kier molecular flexibility index (Phi) is 2.97. The molecule has 2 aromatic rings. The first-order valence-electron chi connectivity index (χ1n) is 4.11. The molecule has 0 atom stereocenters. The van der Waals surface area contributed by atoms with Crippen LogP contribution in [0.4, 0.5) is 4.39 Å². The highest BCUT2D eigenvalue weighted by Crippen LogP contribution is 2.27. The van der Waals surface area contributed by atoms with Crippen molar-refractivity contribution in [3.63, 3.8) is 0 Å². The predicted octanol–water partition coefficient (Wildman–Crippen LogP) is 2.80. The zero-order chi connectivity index (χ0) is 11.7. The zero-order valence-corrected chi connectivity index (χ0v) is 10.0. The number of rotatable bonds is 2. The van der Waals surface area contributed by atoms with Gasteiger partial charge in [-0.2, -0.15) is 8.75 Å². The minimum atomic E-state index is -1.22. The van der Waals surface area contributed by atoms with Crippen molar-refractivity contribution in [2.45, 2.75) is 0 Å². The quantitative estimate of drug-likeness (QED) is 0.926. The first kappa shape index (κ1) is 11.2. The molecule has 1 aromatic heterocycles. The summed E-state index contributed by atoms with van der Waals surface area (Å²) >= 11 is 3.93. The summed E-state index contributed by atoms with van der Waals surface area (Å²) < 4.78 is 21.6. The van der Waals surface area contributed by atoms with E-state index in [-0.39, 0.29) is 17.0 Å². The van der Waals surface area contributed by atoms with Crippen molar-refractivity contribution in [2.75, 3.05) is 0 Å². The van der Waals surface area contributed by atoms with E-state index in [0.717, 1.165) is 11.7 Å². The van der Waals surface area contributed by atoms with Crippen LogP contribution in [0.3, 0.4) is 0 Å². The minimum absolute atomic E-state index is 0.0521. The lowest BCUT2D eigenvalue weighted by atomic mass is 10.1. The number of carboxylic acids is 1. The maximum absolute atomic E-state index is 13.5. The van der Waals surface area contributed by atoms with Gasteiger partial charge in [-0.3, -0.25) is 0 Å². The fourth-order valence-electron chi connectivity index (χ4n) is 1.18. The van der Waals surface area contributed by atoms with E-state index in [1.54, 1.807) is 0 Å². The fraction of sp³-hybridized carbons (Fsp3) is 0. The van der Waals surface area contributed by atoms with Crippen molar-refractivity contribution >= 4 is 33.6 Å². The van der Waals surface area contributed by atoms with E-state index >= 15 is 0 Å². The maximum Gasteiger partial charge on any atom is 0.357 e. The maximum atomic E-state index is 13.5. The van der Waals surface area contributed by atoms with Gasteiger partial charge in [0.25, 0.3) is 0 Å². The summed E-state index contributed by atoms with van der Waals surface area (Å²) in [6, 6.07) is 4.24. The third-order valence-electron chi connectivity index (χ3n) is 1.87. The number of nitrogens with zero attached hydrogens (tertiary/aromatic N) is 2. The first-order chi connectivity index (χ1) is 7.59. The summed E-state index contributed by atoms with van der Waals surface area (Å²) in [7, 11) is 0. The van der Waals surface area contributed by atoms with Crippen LogP contribution < -0.4 is 0 Å². The van der Waals surface area contributed by atoms with Gasteiger partial charge in [-0.1, -0.05) is 15.9 Å². The van der Waals surface area contributed by atoms with E-state index in [1.165, 1.54) is 18.2 Å². The van der Waals surface area contributed by atoms with Crippen molar-refractivity contribution < 1.29 is 14.3 Å². The van der Waals surface area contributed by atoms with Crippen LogP contribution in [-0.4, -0.2) is 19.8 Å². The van der Waals surface area contributed by atoms with Crippen LogP contribution in [0.15, 0.2) is 22.7 Å². The summed E-state index contributed by atoms with van der Waals surface area (Å²) in [5.41, 5.74) is -0.0566. The topological polar surface area (TPSA) is 63.1 Å². The Balaban J connectivity index is 2.62. The fourth-order valence-corrected chi connectivity index (χ4v) is 2.10. The molecule has 0 aliphatic rings. The highest BCUT2D eigenvalue weighted by atomic mass is 79.9. The lowest BCUT2D eigenvalue weighted by Crippen LogP contribution is -2.00. The van der Waals surface area contributed by atoms with Crippen LogP contribution in [-0.2, 0) is 0 Å². The number of carbonyl (C=O) groups is 1. The van der Waals surface area contributed by atoms with Crippen LogP contribution in [0, 0.1) is 5.82 Å². The van der Waals surface area contributed by atoms with Crippen molar-refractivity contribution in [1.82, 2.24) is 8.75 Å². The van der Waals surface area contributed by atoms with Gasteiger partial charge in [0.1, 0.15) is 11.5 Å². The molecule has 1 aromatic carbocycles. The molecule has 0 aliphatic carbocycles. The molecule has 4 nitrogen and oxygen atoms in total. The molecule has 82 valence electrons. The molecule has 0 saturated heterocycles. The van der Waals surface area contributed by atoms with Crippen molar-refractivity contribution in [1.29, 1.82) is 0 Å². The minimum Gasteiger partial charge on any atom is -0.476 e. The van der Waals surface area contributed by atoms with Crippen LogP contribution in [0.25, 0.3) is 11.3 Å². The van der Waals surface area contributed by atoms with Gasteiger partial charge in [-0.15, -0.1) is 0 Å². The molecule has 0 amide bonds. The first-order valence-corrected chi connectivity index (χ1v) is 5.63. The molecule has 0 aliphatic heterocycles. The highest BCUT2D eigenvalue weighted by molar-refractivity contribution is 9.10. The summed E-state index contributed by atoms with van der Waals surface area (Å²) in [5, 5.41) is 8.85. The SMILES string of the molecule is O=C(O)c1nsnc1-c1cc(Br)ccc1F. The Morgan fingerprint density at radius 2 is 2.19 bits per heavy atom. The molecule has 7 heteroatoms. The molecule has 0 bridgehead atoms. The molecule has 16 heavy (non-hydrogen) atoms. The van der Waals surface area contributed by atoms with Gasteiger partial charge in [0.2, 0.25) is 0 Å². The van der Waals surface area contributed by atoms with Gasteiger partial charge < -0.3 is 5.11 Å². The Bertz CT molecular complexity index is 558. The molecular weight excluding hydrogens is 299 g/mol. The Morgan fingerprint density at radius 3 is 2.88 bits per heavy atom. The average molecular weight is 303 g/mol. The molecule has 1 N–H and O–H groups in total. The second-order valence-electron chi connectivity index (χ2n) is 2.89. The molecule has 2 rings (SSSR count). The lowest BCUT2D eigenvalue weighted by Gasteiger charge is -2.00. The lowest BCUT2D eigenvalue weighted by molar-refractivity contribution is 0.0692. The number of benzene rings is 1. The van der Waals surface area contributed by atoms with E-state index in [4.69, 9.17) is 5.11 Å². The van der Waals surface area contributed by atoms with Gasteiger partial charge in [0.05, 0.1) is 11.7 Å². The second kappa shape index (κ2) is 4.26. The van der Waals surface area contributed by atoms with Crippen LogP contribution in [0.5, 0.6) is 0 Å². The summed E-state index contributed by atoms with van der Waals surface area (Å²) in [6.45, 7) is 0. The van der Waals surface area contributed by atoms with Crippen molar-refractivity contribution in [3.05, 3.63) is 34.2 Å². The van der Waals surface area contributed by atoms with Gasteiger partial charge in [-0.25, -0.2) is 9.18 Å². The monoisotopic (exact) mass is 302 g/mol. The number of halogens is 2. The molecule has 0 fully saturated rings. The Morgan fingerprint density at radius 1 is 1.44 bits per heavy atom. The molecule has 0 radical (unpaired) electrons. The summed E-state index contributed by atoms with van der Waals surface area (Å²) in [5.74, 6) is -1.75. The third-order valence-corrected chi connectivity index (χ3v) is 2.90. The van der Waals surface area contributed by atoms with Crippen LogP contribution in [0.2, 0.25) is 0 Å². The molecule has 0 spiro atoms. The van der Waals surface area contributed by atoms with Gasteiger partial charge in [-0.05, 0) is 18.2 Å². The van der Waals surface area contributed by atoms with Crippen LogP contribution >= 0.6 is 27.7 Å². The standard InChI is InChI=1S/C9H4BrFN2O2S/c10-4-1-2-6(11)5(3-4)7-8(9(14)15)13-16-12-7/h1-3H,(H,14,15). The largest absolute Gasteiger partial charge is 0.476 e. The van der Waals surface area contributed by atoms with Crippen molar-refractivity contribution in [2.24, 2.45) is 0 Å². The van der Waals surface area contributed by atoms with Crippen LogP contribution in [0.1, 0.15) is 10.5 Å². The molecular formula is C9H4BrFN2O2S. The summed E-state index contributed by atoms with van der Waals surface area (Å²) in [4.78, 5) is 10.8. The number of carboxylic acid groups (broad SMARTS) is 1. The predicted molar refractivity (Wildman–Crippen MR) is 60.0 cm³/mol. The zero-order valence-electron chi connectivity index (χ0n) is 7.65. The summed E-state index contributed by atoms with van der Waals surface area (Å²) in [6.07, 6.45) is 0. The van der Waals surface area contributed by atoms with Crippen molar-refractivity contribution in [3.8, 4) is 11.3 Å². The number of hydrogen-bond acceptors (Lipinski definition) is 4. The molecule has 1 heterocycles. The number of hydrogen-bond donors (Lipinski definition) is 1.